The first-order chi connectivity index (χ1) is 16.1. The van der Waals surface area contributed by atoms with Crippen LogP contribution in [0.4, 0.5) is 0 Å². The second kappa shape index (κ2) is 11.8. The predicted octanol–water partition coefficient (Wildman–Crippen LogP) is 8.56. The van der Waals surface area contributed by atoms with E-state index in [0.717, 1.165) is 54.8 Å². The van der Waals surface area contributed by atoms with Crippen LogP contribution in [0.3, 0.4) is 0 Å². The maximum Gasteiger partial charge on any atom is 0.0577 e. The van der Waals surface area contributed by atoms with Crippen LogP contribution < -0.4 is 0 Å². The number of rotatable bonds is 7. The molecule has 0 aromatic carbocycles. The Morgan fingerprint density at radius 1 is 0.941 bits per heavy atom. The fourth-order valence-electron chi connectivity index (χ4n) is 8.93. The quantitative estimate of drug-likeness (QED) is 0.363. The molecule has 0 heterocycles. The lowest BCUT2D eigenvalue weighted by molar-refractivity contribution is -0.0588. The van der Waals surface area contributed by atoms with E-state index >= 15 is 0 Å². The average molecular weight is 475 g/mol. The van der Waals surface area contributed by atoms with Crippen LogP contribution >= 0.6 is 0 Å². The summed E-state index contributed by atoms with van der Waals surface area (Å²) in [5.74, 6) is 5.52. The number of hydrogen-bond donors (Lipinski definition) is 2. The molecule has 9 unspecified atom stereocenters. The van der Waals surface area contributed by atoms with Crippen molar-refractivity contribution in [3.63, 3.8) is 0 Å². The van der Waals surface area contributed by atoms with Crippen molar-refractivity contribution in [3.05, 3.63) is 11.6 Å². The van der Waals surface area contributed by atoms with E-state index in [1.807, 2.05) is 6.92 Å². The zero-order chi connectivity index (χ0) is 25.1. The van der Waals surface area contributed by atoms with Crippen LogP contribution in [0.15, 0.2) is 11.6 Å². The van der Waals surface area contributed by atoms with Gasteiger partial charge in [-0.3, -0.25) is 0 Å². The molecule has 198 valence electrons. The normalized spacial score (nSPS) is 40.9. The van der Waals surface area contributed by atoms with E-state index in [4.69, 9.17) is 5.11 Å². The summed E-state index contributed by atoms with van der Waals surface area (Å²) in [4.78, 5) is 0. The van der Waals surface area contributed by atoms with E-state index in [2.05, 4.69) is 40.7 Å². The van der Waals surface area contributed by atoms with Crippen molar-refractivity contribution in [3.8, 4) is 0 Å². The molecule has 0 amide bonds. The van der Waals surface area contributed by atoms with Gasteiger partial charge in [0, 0.05) is 0 Å². The smallest absolute Gasteiger partial charge is 0.0577 e. The third kappa shape index (κ3) is 5.80. The Morgan fingerprint density at radius 2 is 1.65 bits per heavy atom. The first kappa shape index (κ1) is 28.2. The summed E-state index contributed by atoms with van der Waals surface area (Å²) >= 11 is 0. The van der Waals surface area contributed by atoms with Gasteiger partial charge in [-0.2, -0.15) is 0 Å². The fraction of sp³-hybridized carbons (Fsp3) is 0.938. The topological polar surface area (TPSA) is 40.5 Å². The summed E-state index contributed by atoms with van der Waals surface area (Å²) in [6.07, 6.45) is 19.4. The largest absolute Gasteiger partial charge is 0.393 e. The third-order valence-electron chi connectivity index (χ3n) is 11.2. The molecule has 9 atom stereocenters. The van der Waals surface area contributed by atoms with Gasteiger partial charge >= 0.3 is 0 Å². The van der Waals surface area contributed by atoms with Gasteiger partial charge < -0.3 is 10.2 Å². The molecule has 4 aliphatic carbocycles. The van der Waals surface area contributed by atoms with Gasteiger partial charge in [0.1, 0.15) is 0 Å². The summed E-state index contributed by atoms with van der Waals surface area (Å²) in [7, 11) is 0. The Hall–Kier alpha value is -0.340. The Labute approximate surface area is 212 Å². The Balaban J connectivity index is 0.000000588. The Morgan fingerprint density at radius 3 is 2.26 bits per heavy atom. The van der Waals surface area contributed by atoms with E-state index in [-0.39, 0.29) is 12.2 Å². The minimum absolute atomic E-state index is 0.0771. The highest BCUT2D eigenvalue weighted by Crippen LogP contribution is 2.67. The number of aliphatic hydroxyl groups is 2. The second-order valence-corrected chi connectivity index (χ2v) is 13.6. The summed E-state index contributed by atoms with van der Waals surface area (Å²) in [6, 6.07) is 0. The van der Waals surface area contributed by atoms with Crippen LogP contribution in [0.1, 0.15) is 132 Å². The zero-order valence-electron chi connectivity index (χ0n) is 23.8. The lowest BCUT2D eigenvalue weighted by atomic mass is 9.47. The van der Waals surface area contributed by atoms with E-state index in [1.165, 1.54) is 64.2 Å². The molecule has 34 heavy (non-hydrogen) atoms. The van der Waals surface area contributed by atoms with Crippen molar-refractivity contribution >= 4 is 0 Å². The molecule has 4 rings (SSSR count). The van der Waals surface area contributed by atoms with Crippen LogP contribution in [0.2, 0.25) is 0 Å². The summed E-state index contributed by atoms with van der Waals surface area (Å²) in [5.41, 5.74) is 2.61. The molecule has 2 heteroatoms. The number of fused-ring (bicyclic) bond motifs is 5. The first-order valence-corrected chi connectivity index (χ1v) is 15.1. The molecule has 0 aromatic heterocycles. The molecule has 4 aliphatic rings. The molecular formula is C32H58O2. The molecule has 3 fully saturated rings. The number of aliphatic hydroxyl groups excluding tert-OH is 2. The minimum Gasteiger partial charge on any atom is -0.393 e. The van der Waals surface area contributed by atoms with Gasteiger partial charge in [0.2, 0.25) is 0 Å². The van der Waals surface area contributed by atoms with Crippen LogP contribution in [0, 0.1) is 46.3 Å². The van der Waals surface area contributed by atoms with E-state index in [1.54, 1.807) is 12.5 Å². The molecule has 0 saturated heterocycles. The standard InChI is InChI=1S/C28H48O.C4H10O/c1-6-20(9-7-8-19(2)3)24-12-13-25-23-11-10-21-18-22(29)14-16-27(21,4)26(23)15-17-28(24,25)5;1-3-4(2)5/h10,19-20,22-26,29H,6-9,11-18H2,1-5H3;4-5H,3H2,1-2H3. The van der Waals surface area contributed by atoms with Gasteiger partial charge in [0.25, 0.3) is 0 Å². The van der Waals surface area contributed by atoms with Gasteiger partial charge in [0.15, 0.2) is 0 Å². The molecule has 2 nitrogen and oxygen atoms in total. The lowest BCUT2D eigenvalue weighted by Gasteiger charge is -2.58. The van der Waals surface area contributed by atoms with Crippen molar-refractivity contribution in [2.75, 3.05) is 0 Å². The van der Waals surface area contributed by atoms with Gasteiger partial charge in [-0.25, -0.2) is 0 Å². The highest BCUT2D eigenvalue weighted by molar-refractivity contribution is 5.25. The van der Waals surface area contributed by atoms with Gasteiger partial charge in [-0.05, 0) is 111 Å². The fourth-order valence-corrected chi connectivity index (χ4v) is 8.93. The highest BCUT2D eigenvalue weighted by atomic mass is 16.3. The van der Waals surface area contributed by atoms with Crippen molar-refractivity contribution < 1.29 is 10.2 Å². The molecule has 0 bridgehead atoms. The predicted molar refractivity (Wildman–Crippen MR) is 146 cm³/mol. The third-order valence-corrected chi connectivity index (χ3v) is 11.2. The van der Waals surface area contributed by atoms with Gasteiger partial charge in [-0.15, -0.1) is 0 Å². The van der Waals surface area contributed by atoms with E-state index in [9.17, 15) is 5.11 Å². The van der Waals surface area contributed by atoms with E-state index < -0.39 is 0 Å². The van der Waals surface area contributed by atoms with Gasteiger partial charge in [0.05, 0.1) is 12.2 Å². The molecular weight excluding hydrogens is 416 g/mol. The van der Waals surface area contributed by atoms with Crippen molar-refractivity contribution in [1.29, 1.82) is 0 Å². The Bertz CT molecular complexity index is 666. The van der Waals surface area contributed by atoms with E-state index in [0.29, 0.717) is 10.8 Å². The molecule has 0 aromatic rings. The molecule has 0 aliphatic heterocycles. The zero-order valence-corrected chi connectivity index (χ0v) is 23.8. The molecule has 3 saturated carbocycles. The SMILES string of the molecule is CCC(C)O.CCC(CCCC(C)C)C1CCC2C3CC=C4CC(O)CCC4(C)C3CCC12C. The van der Waals surface area contributed by atoms with Crippen molar-refractivity contribution in [2.45, 2.75) is 144 Å². The maximum atomic E-state index is 10.2. The monoisotopic (exact) mass is 474 g/mol. The minimum atomic E-state index is -0.116. The average Bonchev–Trinajstić information content (AvgIpc) is 3.14. The molecule has 2 N–H and O–H groups in total. The van der Waals surface area contributed by atoms with Crippen molar-refractivity contribution in [1.82, 2.24) is 0 Å². The number of allylic oxidation sites excluding steroid dienone is 1. The lowest BCUT2D eigenvalue weighted by Crippen LogP contribution is -2.50. The summed E-state index contributed by atoms with van der Waals surface area (Å²) in [5, 5.41) is 18.6. The van der Waals surface area contributed by atoms with Crippen LogP contribution in [-0.4, -0.2) is 22.4 Å². The van der Waals surface area contributed by atoms with Crippen LogP contribution in [0.25, 0.3) is 0 Å². The number of hydrogen-bond acceptors (Lipinski definition) is 2. The molecule has 0 radical (unpaired) electrons. The Kier molecular flexibility index (Phi) is 9.80. The van der Waals surface area contributed by atoms with Gasteiger partial charge in [-0.1, -0.05) is 78.9 Å². The van der Waals surface area contributed by atoms with Crippen molar-refractivity contribution in [2.24, 2.45) is 46.3 Å². The second-order valence-electron chi connectivity index (χ2n) is 13.6. The highest BCUT2D eigenvalue weighted by Gasteiger charge is 2.59. The maximum absolute atomic E-state index is 10.2. The summed E-state index contributed by atoms with van der Waals surface area (Å²) < 4.78 is 0. The molecule has 0 spiro atoms. The van der Waals surface area contributed by atoms with Crippen LogP contribution in [-0.2, 0) is 0 Å². The summed E-state index contributed by atoms with van der Waals surface area (Å²) in [6.45, 7) is 16.2. The first-order valence-electron chi connectivity index (χ1n) is 15.1. The van der Waals surface area contributed by atoms with Crippen LogP contribution in [0.5, 0.6) is 0 Å².